The monoisotopic (exact) mass is 335 g/mol. The van der Waals surface area contributed by atoms with Crippen molar-refractivity contribution in [2.75, 3.05) is 11.9 Å². The number of primary amides is 1. The molecule has 2 rings (SSSR count). The molecule has 0 aliphatic rings. The van der Waals surface area contributed by atoms with E-state index in [4.69, 9.17) is 18.0 Å². The number of nitrogens with two attached hydrogens (primary N) is 1. The summed E-state index contributed by atoms with van der Waals surface area (Å²) in [4.78, 5) is 11.0. The molecule has 0 radical (unpaired) electrons. The molecule has 120 valence electrons. The molecule has 0 bridgehead atoms. The fraction of sp³-hybridized carbons (Fsp3) is 0.125. The lowest BCUT2D eigenvalue weighted by molar-refractivity contribution is 0.100. The Morgan fingerprint density at radius 3 is 2.26 bits per heavy atom. The van der Waals surface area contributed by atoms with Crippen molar-refractivity contribution in [1.29, 1.82) is 0 Å². The second kappa shape index (κ2) is 7.64. The van der Waals surface area contributed by atoms with Gasteiger partial charge in [-0.1, -0.05) is 0 Å². The lowest BCUT2D eigenvalue weighted by Crippen LogP contribution is -2.30. The molecule has 7 heteroatoms. The SMILES string of the molecule is NC(=O)c1ccc(NC(=S)NCCc2cc(F)cc(F)c2)cc1. The van der Waals surface area contributed by atoms with Crippen LogP contribution in [0.2, 0.25) is 0 Å². The number of carbonyl (C=O) groups excluding carboxylic acids is 1. The van der Waals surface area contributed by atoms with Crippen LogP contribution in [0.25, 0.3) is 0 Å². The molecule has 0 aliphatic heterocycles. The predicted octanol–water partition coefficient (Wildman–Crippen LogP) is 2.59. The first-order valence-corrected chi connectivity index (χ1v) is 7.24. The highest BCUT2D eigenvalue weighted by atomic mass is 32.1. The lowest BCUT2D eigenvalue weighted by Gasteiger charge is -2.11. The van der Waals surface area contributed by atoms with Crippen molar-refractivity contribution in [2.45, 2.75) is 6.42 Å². The molecule has 0 saturated carbocycles. The minimum absolute atomic E-state index is 0.369. The van der Waals surface area contributed by atoms with Crippen LogP contribution in [-0.4, -0.2) is 17.6 Å². The highest BCUT2D eigenvalue weighted by Gasteiger charge is 2.03. The van der Waals surface area contributed by atoms with Gasteiger partial charge < -0.3 is 16.4 Å². The topological polar surface area (TPSA) is 67.2 Å². The average molecular weight is 335 g/mol. The normalized spacial score (nSPS) is 10.2. The summed E-state index contributed by atoms with van der Waals surface area (Å²) in [5, 5.41) is 6.25. The maximum absolute atomic E-state index is 13.1. The zero-order valence-corrected chi connectivity index (χ0v) is 12.9. The third-order valence-electron chi connectivity index (χ3n) is 3.05. The van der Waals surface area contributed by atoms with Gasteiger partial charge in [-0.25, -0.2) is 8.78 Å². The van der Waals surface area contributed by atoms with E-state index in [2.05, 4.69) is 10.6 Å². The van der Waals surface area contributed by atoms with E-state index in [0.29, 0.717) is 34.9 Å². The summed E-state index contributed by atoms with van der Waals surface area (Å²) in [5.41, 5.74) is 6.81. The zero-order valence-electron chi connectivity index (χ0n) is 12.1. The lowest BCUT2D eigenvalue weighted by atomic mass is 10.1. The number of hydrogen-bond donors (Lipinski definition) is 3. The van der Waals surface area contributed by atoms with E-state index in [1.165, 1.54) is 12.1 Å². The largest absolute Gasteiger partial charge is 0.366 e. The van der Waals surface area contributed by atoms with E-state index in [-0.39, 0.29) is 0 Å². The summed E-state index contributed by atoms with van der Waals surface area (Å²) in [6, 6.07) is 9.92. The molecule has 0 heterocycles. The molecule has 4 nitrogen and oxygen atoms in total. The number of thiocarbonyl (C=S) groups is 1. The van der Waals surface area contributed by atoms with Crippen molar-refractivity contribution >= 4 is 28.9 Å². The maximum Gasteiger partial charge on any atom is 0.248 e. The van der Waals surface area contributed by atoms with Crippen LogP contribution >= 0.6 is 12.2 Å². The van der Waals surface area contributed by atoms with Crippen LogP contribution in [0, 0.1) is 11.6 Å². The Bertz CT molecular complexity index is 700. The van der Waals surface area contributed by atoms with Crippen molar-refractivity contribution in [1.82, 2.24) is 5.32 Å². The number of benzene rings is 2. The molecule has 23 heavy (non-hydrogen) atoms. The Morgan fingerprint density at radius 2 is 1.70 bits per heavy atom. The van der Waals surface area contributed by atoms with Crippen LogP contribution < -0.4 is 16.4 Å². The Kier molecular flexibility index (Phi) is 5.59. The van der Waals surface area contributed by atoms with Gasteiger partial charge in [0.15, 0.2) is 5.11 Å². The van der Waals surface area contributed by atoms with Gasteiger partial charge in [0.25, 0.3) is 0 Å². The first kappa shape index (κ1) is 16.8. The summed E-state index contributed by atoms with van der Waals surface area (Å²) in [7, 11) is 0. The fourth-order valence-corrected chi connectivity index (χ4v) is 2.19. The van der Waals surface area contributed by atoms with Gasteiger partial charge in [-0.05, 0) is 60.6 Å². The Hall–Kier alpha value is -2.54. The molecule has 4 N–H and O–H groups in total. The summed E-state index contributed by atoms with van der Waals surface area (Å²) in [6.45, 7) is 0.425. The van der Waals surface area contributed by atoms with Gasteiger partial charge in [0, 0.05) is 23.9 Å². The fourth-order valence-electron chi connectivity index (χ4n) is 1.97. The van der Waals surface area contributed by atoms with Crippen LogP contribution in [0.4, 0.5) is 14.5 Å². The van der Waals surface area contributed by atoms with Crippen LogP contribution in [0.1, 0.15) is 15.9 Å². The molecular weight excluding hydrogens is 320 g/mol. The quantitative estimate of drug-likeness (QED) is 0.735. The number of carbonyl (C=O) groups is 1. The minimum Gasteiger partial charge on any atom is -0.366 e. The Labute approximate surface area is 137 Å². The number of nitrogens with one attached hydrogen (secondary N) is 2. The molecule has 0 saturated heterocycles. The second-order valence-corrected chi connectivity index (χ2v) is 5.26. The van der Waals surface area contributed by atoms with E-state index in [0.717, 1.165) is 6.07 Å². The van der Waals surface area contributed by atoms with E-state index in [1.807, 2.05) is 0 Å². The van der Waals surface area contributed by atoms with Crippen molar-refractivity contribution in [3.05, 3.63) is 65.2 Å². The smallest absolute Gasteiger partial charge is 0.248 e. The summed E-state index contributed by atoms with van der Waals surface area (Å²) >= 11 is 5.13. The van der Waals surface area contributed by atoms with Gasteiger partial charge in [-0.2, -0.15) is 0 Å². The molecule has 0 unspecified atom stereocenters. The van der Waals surface area contributed by atoms with Crippen molar-refractivity contribution < 1.29 is 13.6 Å². The van der Waals surface area contributed by atoms with Gasteiger partial charge in [0.1, 0.15) is 11.6 Å². The average Bonchev–Trinajstić information content (AvgIpc) is 2.46. The third kappa shape index (κ3) is 5.30. The number of hydrogen-bond acceptors (Lipinski definition) is 2. The molecule has 0 atom stereocenters. The zero-order chi connectivity index (χ0) is 16.8. The summed E-state index contributed by atoms with van der Waals surface area (Å²) < 4.78 is 26.1. The maximum atomic E-state index is 13.1. The van der Waals surface area contributed by atoms with Crippen LogP contribution in [0.15, 0.2) is 42.5 Å². The van der Waals surface area contributed by atoms with Crippen molar-refractivity contribution in [3.63, 3.8) is 0 Å². The van der Waals surface area contributed by atoms with Gasteiger partial charge >= 0.3 is 0 Å². The van der Waals surface area contributed by atoms with E-state index >= 15 is 0 Å². The summed E-state index contributed by atoms with van der Waals surface area (Å²) in [5.74, 6) is -1.70. The summed E-state index contributed by atoms with van der Waals surface area (Å²) in [6.07, 6.45) is 0.428. The third-order valence-corrected chi connectivity index (χ3v) is 3.30. The molecule has 0 aromatic heterocycles. The molecule has 2 aromatic carbocycles. The van der Waals surface area contributed by atoms with Gasteiger partial charge in [-0.3, -0.25) is 4.79 Å². The molecule has 0 spiro atoms. The predicted molar refractivity (Wildman–Crippen MR) is 89.2 cm³/mol. The number of anilines is 1. The van der Waals surface area contributed by atoms with E-state index in [1.54, 1.807) is 24.3 Å². The van der Waals surface area contributed by atoms with Gasteiger partial charge in [-0.15, -0.1) is 0 Å². The number of halogens is 2. The number of rotatable bonds is 5. The molecule has 1 amide bonds. The molecule has 0 fully saturated rings. The van der Waals surface area contributed by atoms with E-state index < -0.39 is 17.5 Å². The van der Waals surface area contributed by atoms with Crippen LogP contribution in [0.3, 0.4) is 0 Å². The van der Waals surface area contributed by atoms with Crippen LogP contribution in [0.5, 0.6) is 0 Å². The molecular formula is C16H15F2N3OS. The van der Waals surface area contributed by atoms with E-state index in [9.17, 15) is 13.6 Å². The molecule has 0 aliphatic carbocycles. The highest BCUT2D eigenvalue weighted by Crippen LogP contribution is 2.10. The Balaban J connectivity index is 1.81. The van der Waals surface area contributed by atoms with Gasteiger partial charge in [0.2, 0.25) is 5.91 Å². The minimum atomic E-state index is -0.602. The second-order valence-electron chi connectivity index (χ2n) is 4.85. The van der Waals surface area contributed by atoms with Gasteiger partial charge in [0.05, 0.1) is 0 Å². The van der Waals surface area contributed by atoms with Crippen LogP contribution in [-0.2, 0) is 6.42 Å². The first-order chi connectivity index (χ1) is 10.9. The standard InChI is InChI=1S/C16H15F2N3OS/c17-12-7-10(8-13(18)9-12)5-6-20-16(23)21-14-3-1-11(2-4-14)15(19)22/h1-4,7-9H,5-6H2,(H2,19,22)(H2,20,21,23). The number of amides is 1. The first-order valence-electron chi connectivity index (χ1n) is 6.84. The highest BCUT2D eigenvalue weighted by molar-refractivity contribution is 7.80. The van der Waals surface area contributed by atoms with Crippen molar-refractivity contribution in [3.8, 4) is 0 Å². The molecule has 2 aromatic rings. The Morgan fingerprint density at radius 1 is 1.09 bits per heavy atom. The van der Waals surface area contributed by atoms with Crippen molar-refractivity contribution in [2.24, 2.45) is 5.73 Å².